The van der Waals surface area contributed by atoms with Crippen molar-refractivity contribution in [3.8, 4) is 0 Å². The summed E-state index contributed by atoms with van der Waals surface area (Å²) in [5.41, 5.74) is 2.02. The average Bonchev–Trinajstić information content (AvgIpc) is 2.85. The third kappa shape index (κ3) is 2.96. The largest absolute Gasteiger partial charge is 0.317 e. The third-order valence-electron chi connectivity index (χ3n) is 5.05. The minimum atomic E-state index is -0.289. The number of benzene rings is 1. The van der Waals surface area contributed by atoms with Crippen LogP contribution in [0.2, 0.25) is 0 Å². The van der Waals surface area contributed by atoms with Crippen molar-refractivity contribution in [2.45, 2.75) is 50.4 Å². The van der Waals surface area contributed by atoms with E-state index in [1.54, 1.807) is 0 Å². The quantitative estimate of drug-likeness (QED) is 0.915. The Morgan fingerprint density at radius 3 is 2.52 bits per heavy atom. The SMILES string of the molecule is O=C(C1=CCCCCC1)C1(c2ccccc2)CCNCC1. The first-order valence-corrected chi connectivity index (χ1v) is 8.33. The van der Waals surface area contributed by atoms with Crippen LogP contribution >= 0.6 is 0 Å². The number of hydrogen-bond donors (Lipinski definition) is 1. The maximum absolute atomic E-state index is 13.3. The summed E-state index contributed by atoms with van der Waals surface area (Å²) in [5.74, 6) is 0.400. The highest BCUT2D eigenvalue weighted by molar-refractivity contribution is 6.03. The highest BCUT2D eigenvalue weighted by Gasteiger charge is 2.41. The Hall–Kier alpha value is -1.41. The van der Waals surface area contributed by atoms with Gasteiger partial charge in [0, 0.05) is 0 Å². The highest BCUT2D eigenvalue weighted by atomic mass is 16.1. The Morgan fingerprint density at radius 2 is 1.76 bits per heavy atom. The fourth-order valence-electron chi connectivity index (χ4n) is 3.79. The van der Waals surface area contributed by atoms with E-state index in [-0.39, 0.29) is 5.41 Å². The molecule has 0 saturated carbocycles. The van der Waals surface area contributed by atoms with Gasteiger partial charge in [0.1, 0.15) is 0 Å². The predicted octanol–water partition coefficient (Wildman–Crippen LogP) is 3.77. The number of hydrogen-bond acceptors (Lipinski definition) is 2. The Bertz CT molecular complexity index is 512. The second-order valence-electron chi connectivity index (χ2n) is 6.36. The van der Waals surface area contributed by atoms with Gasteiger partial charge < -0.3 is 5.32 Å². The fourth-order valence-corrected chi connectivity index (χ4v) is 3.79. The van der Waals surface area contributed by atoms with Crippen LogP contribution in [-0.4, -0.2) is 18.9 Å². The molecule has 1 aromatic rings. The molecule has 0 spiro atoms. The van der Waals surface area contributed by atoms with Gasteiger partial charge in [0.25, 0.3) is 0 Å². The molecule has 112 valence electrons. The molecule has 0 radical (unpaired) electrons. The lowest BCUT2D eigenvalue weighted by molar-refractivity contribution is -0.122. The smallest absolute Gasteiger partial charge is 0.169 e. The lowest BCUT2D eigenvalue weighted by Crippen LogP contribution is -2.46. The van der Waals surface area contributed by atoms with E-state index >= 15 is 0 Å². The van der Waals surface area contributed by atoms with Gasteiger partial charge in [-0.1, -0.05) is 42.8 Å². The number of allylic oxidation sites excluding steroid dienone is 2. The normalized spacial score (nSPS) is 22.2. The molecule has 1 N–H and O–H groups in total. The number of nitrogens with one attached hydrogen (secondary N) is 1. The number of rotatable bonds is 3. The van der Waals surface area contributed by atoms with Crippen LogP contribution in [0.4, 0.5) is 0 Å². The van der Waals surface area contributed by atoms with Gasteiger partial charge in [-0.3, -0.25) is 4.79 Å². The molecule has 2 nitrogen and oxygen atoms in total. The molecular weight excluding hydrogens is 258 g/mol. The summed E-state index contributed by atoms with van der Waals surface area (Å²) in [5, 5.41) is 3.41. The number of Topliss-reactive ketones (excluding diaryl/α,β-unsaturated/α-hetero) is 1. The zero-order valence-electron chi connectivity index (χ0n) is 12.7. The molecule has 1 fully saturated rings. The van der Waals surface area contributed by atoms with E-state index in [9.17, 15) is 4.79 Å². The summed E-state index contributed by atoms with van der Waals surface area (Å²) in [6.07, 6.45) is 9.78. The lowest BCUT2D eigenvalue weighted by atomic mass is 9.68. The van der Waals surface area contributed by atoms with Crippen LogP contribution in [0.5, 0.6) is 0 Å². The first-order valence-electron chi connectivity index (χ1n) is 8.33. The van der Waals surface area contributed by atoms with Crippen molar-refractivity contribution < 1.29 is 4.79 Å². The highest BCUT2D eigenvalue weighted by Crippen LogP contribution is 2.38. The molecular formula is C19H25NO. The van der Waals surface area contributed by atoms with Gasteiger partial charge in [-0.05, 0) is 62.8 Å². The van der Waals surface area contributed by atoms with Crippen molar-refractivity contribution in [1.82, 2.24) is 5.32 Å². The van der Waals surface area contributed by atoms with Crippen LogP contribution in [0.15, 0.2) is 42.0 Å². The lowest BCUT2D eigenvalue weighted by Gasteiger charge is -2.37. The van der Waals surface area contributed by atoms with Crippen LogP contribution in [0.25, 0.3) is 0 Å². The second-order valence-corrected chi connectivity index (χ2v) is 6.36. The van der Waals surface area contributed by atoms with Crippen LogP contribution in [0, 0.1) is 0 Å². The van der Waals surface area contributed by atoms with E-state index in [2.05, 4.69) is 35.7 Å². The van der Waals surface area contributed by atoms with E-state index in [0.29, 0.717) is 5.78 Å². The molecule has 3 rings (SSSR count). The molecule has 1 aliphatic heterocycles. The molecule has 0 amide bonds. The standard InChI is InChI=1S/C19H25NO/c21-18(16-8-4-1-2-5-9-16)19(12-14-20-15-13-19)17-10-6-3-7-11-17/h3,6-8,10-11,20H,1-2,4-5,9,12-15H2. The molecule has 1 aliphatic carbocycles. The second kappa shape index (κ2) is 6.57. The van der Waals surface area contributed by atoms with Gasteiger partial charge in [-0.25, -0.2) is 0 Å². The molecule has 21 heavy (non-hydrogen) atoms. The summed E-state index contributed by atoms with van der Waals surface area (Å²) >= 11 is 0. The predicted molar refractivity (Wildman–Crippen MR) is 86.4 cm³/mol. The van der Waals surface area contributed by atoms with Crippen molar-refractivity contribution in [3.05, 3.63) is 47.5 Å². The van der Waals surface area contributed by atoms with E-state index in [1.807, 2.05) is 6.07 Å². The number of ketones is 1. The number of piperidine rings is 1. The molecule has 0 unspecified atom stereocenters. The first-order chi connectivity index (χ1) is 10.3. The van der Waals surface area contributed by atoms with Gasteiger partial charge in [0.2, 0.25) is 0 Å². The Kier molecular flexibility index (Phi) is 4.54. The van der Waals surface area contributed by atoms with E-state index in [1.165, 1.54) is 24.8 Å². The molecule has 0 atom stereocenters. The van der Waals surface area contributed by atoms with Gasteiger partial charge in [0.05, 0.1) is 5.41 Å². The van der Waals surface area contributed by atoms with Crippen LogP contribution < -0.4 is 5.32 Å². The van der Waals surface area contributed by atoms with Crippen molar-refractivity contribution in [1.29, 1.82) is 0 Å². The first kappa shape index (κ1) is 14.5. The van der Waals surface area contributed by atoms with Crippen molar-refractivity contribution in [2.24, 2.45) is 0 Å². The third-order valence-corrected chi connectivity index (χ3v) is 5.05. The van der Waals surface area contributed by atoms with Gasteiger partial charge in [0.15, 0.2) is 5.78 Å². The van der Waals surface area contributed by atoms with E-state index < -0.39 is 0 Å². The number of carbonyl (C=O) groups is 1. The minimum Gasteiger partial charge on any atom is -0.317 e. The maximum atomic E-state index is 13.3. The van der Waals surface area contributed by atoms with Crippen molar-refractivity contribution in [3.63, 3.8) is 0 Å². The average molecular weight is 283 g/mol. The molecule has 2 heteroatoms. The van der Waals surface area contributed by atoms with Crippen LogP contribution in [0.1, 0.15) is 50.5 Å². The van der Waals surface area contributed by atoms with Crippen LogP contribution in [0.3, 0.4) is 0 Å². The van der Waals surface area contributed by atoms with Gasteiger partial charge in [-0.15, -0.1) is 0 Å². The summed E-state index contributed by atoms with van der Waals surface area (Å²) in [7, 11) is 0. The Labute approximate surface area is 127 Å². The van der Waals surface area contributed by atoms with E-state index in [4.69, 9.17) is 0 Å². The van der Waals surface area contributed by atoms with Crippen molar-refractivity contribution >= 4 is 5.78 Å². The van der Waals surface area contributed by atoms with Gasteiger partial charge >= 0.3 is 0 Å². The topological polar surface area (TPSA) is 29.1 Å². The van der Waals surface area contributed by atoms with Crippen molar-refractivity contribution in [2.75, 3.05) is 13.1 Å². The Balaban J connectivity index is 1.95. The summed E-state index contributed by atoms with van der Waals surface area (Å²) in [6.45, 7) is 1.88. The van der Waals surface area contributed by atoms with Crippen LogP contribution in [-0.2, 0) is 10.2 Å². The van der Waals surface area contributed by atoms with E-state index in [0.717, 1.165) is 44.3 Å². The molecule has 1 heterocycles. The zero-order valence-corrected chi connectivity index (χ0v) is 12.7. The zero-order chi connectivity index (χ0) is 14.5. The molecule has 1 saturated heterocycles. The summed E-state index contributed by atoms with van der Waals surface area (Å²) in [6, 6.07) is 10.4. The molecule has 1 aromatic carbocycles. The fraction of sp³-hybridized carbons (Fsp3) is 0.526. The molecule has 0 bridgehead atoms. The monoisotopic (exact) mass is 283 g/mol. The minimum absolute atomic E-state index is 0.289. The summed E-state index contributed by atoms with van der Waals surface area (Å²) in [4.78, 5) is 13.3. The Morgan fingerprint density at radius 1 is 1.00 bits per heavy atom. The summed E-state index contributed by atoms with van der Waals surface area (Å²) < 4.78 is 0. The maximum Gasteiger partial charge on any atom is 0.169 e. The van der Waals surface area contributed by atoms with Gasteiger partial charge in [-0.2, -0.15) is 0 Å². The molecule has 0 aromatic heterocycles. The number of carbonyl (C=O) groups excluding carboxylic acids is 1. The molecule has 2 aliphatic rings.